The number of pyridine rings is 1. The van der Waals surface area contributed by atoms with Crippen molar-refractivity contribution in [3.63, 3.8) is 0 Å². The zero-order valence-electron chi connectivity index (χ0n) is 11.2. The van der Waals surface area contributed by atoms with Gasteiger partial charge in [-0.3, -0.25) is 10.1 Å². The molecule has 1 aromatic carbocycles. The number of hydrogen-bond donors (Lipinski definition) is 0. The molecule has 21 heavy (non-hydrogen) atoms. The van der Waals surface area contributed by atoms with E-state index in [9.17, 15) is 10.1 Å². The zero-order chi connectivity index (χ0) is 14.8. The highest BCUT2D eigenvalue weighted by atomic mass is 35.5. The predicted octanol–water partition coefficient (Wildman–Crippen LogP) is 4.31. The van der Waals surface area contributed by atoms with Crippen LogP contribution in [0, 0.1) is 10.1 Å². The molecule has 1 aliphatic rings. The normalized spacial score (nSPS) is 13.6. The van der Waals surface area contributed by atoms with Gasteiger partial charge in [-0.05, 0) is 55.0 Å². The molecule has 0 saturated heterocycles. The summed E-state index contributed by atoms with van der Waals surface area (Å²) in [5.74, 6) is 0.469. The lowest BCUT2D eigenvalue weighted by Crippen LogP contribution is -2.03. The van der Waals surface area contributed by atoms with Gasteiger partial charge in [0.05, 0.1) is 4.92 Å². The Morgan fingerprint density at radius 2 is 1.90 bits per heavy atom. The first-order valence-electron chi connectivity index (χ1n) is 6.74. The minimum atomic E-state index is -0.531. The van der Waals surface area contributed by atoms with Gasteiger partial charge < -0.3 is 4.74 Å². The van der Waals surface area contributed by atoms with Gasteiger partial charge in [0.15, 0.2) is 0 Å². The maximum Gasteiger partial charge on any atom is 0.331 e. The summed E-state index contributed by atoms with van der Waals surface area (Å²) in [7, 11) is 0. The molecule has 0 saturated carbocycles. The Balaban J connectivity index is 1.93. The van der Waals surface area contributed by atoms with Gasteiger partial charge in [0.25, 0.3) is 0 Å². The van der Waals surface area contributed by atoms with E-state index in [4.69, 9.17) is 16.3 Å². The zero-order valence-corrected chi connectivity index (χ0v) is 12.0. The fraction of sp³-hybridized carbons (Fsp3) is 0.267. The second-order valence-corrected chi connectivity index (χ2v) is 5.34. The second kappa shape index (κ2) is 5.69. The third-order valence-electron chi connectivity index (χ3n) is 3.54. The summed E-state index contributed by atoms with van der Waals surface area (Å²) in [6.45, 7) is 0. The smallest absolute Gasteiger partial charge is 0.331 e. The van der Waals surface area contributed by atoms with Crippen molar-refractivity contribution in [2.75, 3.05) is 0 Å². The van der Waals surface area contributed by atoms with E-state index in [-0.39, 0.29) is 16.7 Å². The molecule has 6 heteroatoms. The summed E-state index contributed by atoms with van der Waals surface area (Å²) in [5.41, 5.74) is 2.36. The van der Waals surface area contributed by atoms with Gasteiger partial charge in [0.2, 0.25) is 0 Å². The summed E-state index contributed by atoms with van der Waals surface area (Å²) in [6, 6.07) is 8.43. The summed E-state index contributed by atoms with van der Waals surface area (Å²) in [4.78, 5) is 14.4. The van der Waals surface area contributed by atoms with Crippen LogP contribution < -0.4 is 4.74 Å². The first-order valence-corrected chi connectivity index (χ1v) is 7.12. The molecule has 1 aliphatic carbocycles. The molecule has 5 nitrogen and oxygen atoms in total. The van der Waals surface area contributed by atoms with Crippen molar-refractivity contribution >= 4 is 17.3 Å². The highest BCUT2D eigenvalue weighted by Crippen LogP contribution is 2.32. The van der Waals surface area contributed by atoms with Crippen molar-refractivity contribution in [2.24, 2.45) is 0 Å². The highest BCUT2D eigenvalue weighted by Gasteiger charge is 2.19. The molecule has 0 amide bonds. The molecular weight excluding hydrogens is 292 g/mol. The van der Waals surface area contributed by atoms with Crippen LogP contribution in [0.2, 0.25) is 5.15 Å². The van der Waals surface area contributed by atoms with Crippen LogP contribution in [0.15, 0.2) is 30.3 Å². The summed E-state index contributed by atoms with van der Waals surface area (Å²) >= 11 is 5.79. The maximum atomic E-state index is 11.0. The van der Waals surface area contributed by atoms with E-state index in [0.29, 0.717) is 5.75 Å². The van der Waals surface area contributed by atoms with Gasteiger partial charge in [0, 0.05) is 6.07 Å². The number of halogens is 1. The molecule has 1 heterocycles. The summed E-state index contributed by atoms with van der Waals surface area (Å²) < 4.78 is 5.58. The number of fused-ring (bicyclic) bond motifs is 1. The number of hydrogen-bond acceptors (Lipinski definition) is 4. The minimum Gasteiger partial charge on any atom is -0.434 e. The van der Waals surface area contributed by atoms with Crippen LogP contribution in [0.25, 0.3) is 0 Å². The number of aryl methyl sites for hydroxylation is 2. The molecular formula is C15H13ClN2O3. The maximum absolute atomic E-state index is 11.0. The van der Waals surface area contributed by atoms with E-state index >= 15 is 0 Å². The lowest BCUT2D eigenvalue weighted by molar-refractivity contribution is -0.386. The van der Waals surface area contributed by atoms with Crippen LogP contribution in [0.1, 0.15) is 24.0 Å². The van der Waals surface area contributed by atoms with Crippen LogP contribution in [0.3, 0.4) is 0 Å². The average molecular weight is 305 g/mol. The Hall–Kier alpha value is -2.14. The highest BCUT2D eigenvalue weighted by molar-refractivity contribution is 6.29. The Morgan fingerprint density at radius 3 is 2.67 bits per heavy atom. The Bertz CT molecular complexity index is 703. The molecule has 0 fully saturated rings. The monoisotopic (exact) mass is 304 g/mol. The number of benzene rings is 1. The average Bonchev–Trinajstić information content (AvgIpc) is 2.47. The molecule has 0 unspecified atom stereocenters. The number of nitrogens with zero attached hydrogens (tertiary/aromatic N) is 2. The van der Waals surface area contributed by atoms with Gasteiger partial charge in [-0.25, -0.2) is 0 Å². The van der Waals surface area contributed by atoms with E-state index in [1.165, 1.54) is 29.7 Å². The topological polar surface area (TPSA) is 65.3 Å². The third kappa shape index (κ3) is 2.97. The Kier molecular flexibility index (Phi) is 3.75. The number of aromatic nitrogens is 1. The lowest BCUT2D eigenvalue weighted by Gasteiger charge is -2.16. The van der Waals surface area contributed by atoms with Crippen molar-refractivity contribution in [1.29, 1.82) is 0 Å². The van der Waals surface area contributed by atoms with Crippen LogP contribution >= 0.6 is 11.6 Å². The molecule has 0 radical (unpaired) electrons. The summed E-state index contributed by atoms with van der Waals surface area (Å²) in [6.07, 6.45) is 4.45. The van der Waals surface area contributed by atoms with Crippen LogP contribution in [-0.4, -0.2) is 9.91 Å². The van der Waals surface area contributed by atoms with Crippen molar-refractivity contribution < 1.29 is 9.66 Å². The molecule has 0 bridgehead atoms. The van der Waals surface area contributed by atoms with Crippen LogP contribution in [0.5, 0.6) is 11.6 Å². The van der Waals surface area contributed by atoms with Crippen molar-refractivity contribution in [3.8, 4) is 11.6 Å². The molecule has 0 atom stereocenters. The van der Waals surface area contributed by atoms with E-state index < -0.39 is 4.92 Å². The van der Waals surface area contributed by atoms with Gasteiger partial charge >= 0.3 is 11.6 Å². The van der Waals surface area contributed by atoms with Gasteiger partial charge in [-0.15, -0.1) is 0 Å². The number of ether oxygens (including phenoxy) is 1. The molecule has 0 spiro atoms. The quantitative estimate of drug-likeness (QED) is 0.481. The van der Waals surface area contributed by atoms with Crippen LogP contribution in [0.4, 0.5) is 5.69 Å². The molecule has 2 aromatic rings. The molecule has 0 aliphatic heterocycles. The molecule has 3 rings (SSSR count). The fourth-order valence-corrected chi connectivity index (χ4v) is 2.65. The van der Waals surface area contributed by atoms with Gasteiger partial charge in [-0.2, -0.15) is 4.98 Å². The van der Waals surface area contributed by atoms with Crippen molar-refractivity contribution in [2.45, 2.75) is 25.7 Å². The molecule has 1 aromatic heterocycles. The molecule has 108 valence electrons. The third-order valence-corrected chi connectivity index (χ3v) is 3.75. The first kappa shape index (κ1) is 13.8. The van der Waals surface area contributed by atoms with E-state index in [0.717, 1.165) is 19.3 Å². The lowest BCUT2D eigenvalue weighted by atomic mass is 9.92. The van der Waals surface area contributed by atoms with E-state index in [1.54, 1.807) is 0 Å². The van der Waals surface area contributed by atoms with E-state index in [2.05, 4.69) is 4.98 Å². The summed E-state index contributed by atoms with van der Waals surface area (Å²) in [5, 5.41) is 11.2. The van der Waals surface area contributed by atoms with Gasteiger partial charge in [0.1, 0.15) is 10.9 Å². The van der Waals surface area contributed by atoms with E-state index in [1.807, 2.05) is 18.2 Å². The largest absolute Gasteiger partial charge is 0.434 e. The number of nitro groups is 1. The second-order valence-electron chi connectivity index (χ2n) is 4.96. The van der Waals surface area contributed by atoms with Crippen molar-refractivity contribution in [1.82, 2.24) is 4.98 Å². The van der Waals surface area contributed by atoms with Crippen molar-refractivity contribution in [3.05, 3.63) is 56.7 Å². The molecule has 0 N–H and O–H groups in total. The number of rotatable bonds is 3. The predicted molar refractivity (Wildman–Crippen MR) is 79.1 cm³/mol. The van der Waals surface area contributed by atoms with Gasteiger partial charge in [-0.1, -0.05) is 17.7 Å². The fourth-order valence-electron chi connectivity index (χ4n) is 2.51. The Labute approximate surface area is 126 Å². The Morgan fingerprint density at radius 1 is 1.14 bits per heavy atom. The SMILES string of the molecule is O=[N+]([O-])c1ccc(Cl)nc1Oc1ccc2c(c1)CCCC2. The first-order chi connectivity index (χ1) is 10.1. The standard InChI is InChI=1S/C15H13ClN2O3/c16-14-8-7-13(18(19)20)15(17-14)21-12-6-5-10-3-1-2-4-11(10)9-12/h5-9H,1-4H2. The van der Waals surface area contributed by atoms with Crippen LogP contribution in [-0.2, 0) is 12.8 Å². The minimum absolute atomic E-state index is 0.0803.